The smallest absolute Gasteiger partial charge is 0.408 e. The number of hydrogen-bond acceptors (Lipinski definition) is 6. The minimum atomic E-state index is -1.10. The fraction of sp³-hybridized carbons (Fsp3) is 0.840. The summed E-state index contributed by atoms with van der Waals surface area (Å²) in [4.78, 5) is 47.8. The van der Waals surface area contributed by atoms with Crippen LogP contribution in [0.4, 0.5) is 4.79 Å². The highest BCUT2D eigenvalue weighted by Crippen LogP contribution is 2.13. The van der Waals surface area contributed by atoms with E-state index in [4.69, 9.17) is 4.74 Å². The molecule has 0 heterocycles. The summed E-state index contributed by atoms with van der Waals surface area (Å²) < 4.78 is 5.23. The molecule has 0 bridgehead atoms. The molecule has 35 heavy (non-hydrogen) atoms. The van der Waals surface area contributed by atoms with Crippen molar-refractivity contribution in [1.82, 2.24) is 16.0 Å². The topological polar surface area (TPSA) is 134 Å². The van der Waals surface area contributed by atoms with Crippen LogP contribution in [-0.2, 0) is 19.1 Å². The van der Waals surface area contributed by atoms with E-state index >= 15 is 0 Å². The van der Waals surface area contributed by atoms with E-state index in [1.54, 1.807) is 20.8 Å². The molecule has 0 aromatic heterocycles. The summed E-state index contributed by atoms with van der Waals surface area (Å²) in [6, 6.07) is -2.03. The van der Waals surface area contributed by atoms with Gasteiger partial charge in [-0.25, -0.2) is 9.59 Å². The van der Waals surface area contributed by atoms with Gasteiger partial charge >= 0.3 is 12.1 Å². The number of aliphatic carboxylic acids is 1. The number of carboxylic acid groups (broad SMARTS) is 1. The van der Waals surface area contributed by atoms with Gasteiger partial charge in [0.25, 0.3) is 0 Å². The van der Waals surface area contributed by atoms with E-state index in [-0.39, 0.29) is 17.5 Å². The largest absolute Gasteiger partial charge is 0.480 e. The predicted octanol–water partition coefficient (Wildman–Crippen LogP) is 4.59. The van der Waals surface area contributed by atoms with E-state index in [1.807, 2.05) is 0 Å². The van der Waals surface area contributed by atoms with Crippen LogP contribution in [0.25, 0.3) is 0 Å². The summed E-state index contributed by atoms with van der Waals surface area (Å²) in [7, 11) is 0. The van der Waals surface area contributed by atoms with Gasteiger partial charge in [0, 0.05) is 12.7 Å². The van der Waals surface area contributed by atoms with Crippen molar-refractivity contribution in [3.8, 4) is 0 Å². The van der Waals surface area contributed by atoms with Crippen LogP contribution in [0.5, 0.6) is 0 Å². The molecular weight excluding hydrogens is 470 g/mol. The summed E-state index contributed by atoms with van der Waals surface area (Å²) in [5.41, 5.74) is -0.743. The molecular formula is C25H47N3O6S. The minimum Gasteiger partial charge on any atom is -0.480 e. The van der Waals surface area contributed by atoms with Crippen molar-refractivity contribution in [1.29, 1.82) is 0 Å². The van der Waals surface area contributed by atoms with Crippen molar-refractivity contribution < 1.29 is 29.0 Å². The van der Waals surface area contributed by atoms with E-state index in [0.717, 1.165) is 19.3 Å². The average Bonchev–Trinajstić information content (AvgIpc) is 2.74. The third kappa shape index (κ3) is 20.0. The lowest BCUT2D eigenvalue weighted by Crippen LogP contribution is -2.53. The van der Waals surface area contributed by atoms with Crippen molar-refractivity contribution in [2.75, 3.05) is 11.6 Å². The van der Waals surface area contributed by atoms with E-state index in [2.05, 4.69) is 22.9 Å². The van der Waals surface area contributed by atoms with Gasteiger partial charge in [-0.2, -0.15) is 0 Å². The van der Waals surface area contributed by atoms with Crippen LogP contribution in [0, 0.1) is 0 Å². The Balaban J connectivity index is 4.64. The molecule has 4 N–H and O–H groups in total. The van der Waals surface area contributed by atoms with Gasteiger partial charge in [-0.05, 0) is 27.2 Å². The zero-order chi connectivity index (χ0) is 26.7. The predicted molar refractivity (Wildman–Crippen MR) is 140 cm³/mol. The number of nitrogens with one attached hydrogen (secondary N) is 3. The second-order valence-corrected chi connectivity index (χ2v) is 10.8. The van der Waals surface area contributed by atoms with Crippen LogP contribution in [0.2, 0.25) is 0 Å². The first-order chi connectivity index (χ1) is 16.5. The maximum absolute atomic E-state index is 12.8. The quantitative estimate of drug-likeness (QED) is 0.145. The molecule has 3 amide bonds. The number of carbonyl (C=O) groups excluding carboxylic acids is 3. The van der Waals surface area contributed by atoms with Gasteiger partial charge < -0.3 is 25.8 Å². The lowest BCUT2D eigenvalue weighted by atomic mass is 10.0. The molecule has 0 saturated carbocycles. The van der Waals surface area contributed by atoms with Gasteiger partial charge in [-0.1, -0.05) is 71.1 Å². The SMILES string of the molecule is CCCCCCCCCCCC[C@H](NC(=O)[C@@H](CSCNC(C)=O)NC(=O)OC(C)(C)C)C(=O)O. The number of thioether (sulfide) groups is 1. The lowest BCUT2D eigenvalue weighted by molar-refractivity contribution is -0.142. The zero-order valence-electron chi connectivity index (χ0n) is 22.2. The Hall–Kier alpha value is -1.97. The average molecular weight is 518 g/mol. The summed E-state index contributed by atoms with van der Waals surface area (Å²) >= 11 is 1.24. The van der Waals surface area contributed by atoms with Crippen molar-refractivity contribution >= 4 is 35.6 Å². The number of alkyl carbamates (subject to hydrolysis) is 1. The molecule has 0 rings (SSSR count). The van der Waals surface area contributed by atoms with Crippen LogP contribution in [0.3, 0.4) is 0 Å². The van der Waals surface area contributed by atoms with E-state index in [1.165, 1.54) is 57.2 Å². The molecule has 0 aromatic rings. The minimum absolute atomic E-state index is 0.149. The van der Waals surface area contributed by atoms with Crippen LogP contribution < -0.4 is 16.0 Å². The standard InChI is InChI=1S/C25H47N3O6S/c1-6-7-8-9-10-11-12-13-14-15-16-20(23(31)32)27-22(30)21(17-35-18-26-19(2)29)28-24(33)34-25(3,4)5/h20-21H,6-18H2,1-5H3,(H,26,29)(H,27,30)(H,28,33)(H,31,32)/t20-,21+/m0/s1. The molecule has 0 aliphatic rings. The fourth-order valence-electron chi connectivity index (χ4n) is 3.33. The third-order valence-corrected chi connectivity index (χ3v) is 6.09. The Kier molecular flexibility index (Phi) is 18.2. The number of ether oxygens (including phenoxy) is 1. The van der Waals surface area contributed by atoms with Gasteiger partial charge in [-0.15, -0.1) is 11.8 Å². The normalized spacial score (nSPS) is 12.9. The van der Waals surface area contributed by atoms with Crippen LogP contribution in [-0.4, -0.2) is 58.3 Å². The number of rotatable bonds is 19. The van der Waals surface area contributed by atoms with Crippen molar-refractivity contribution in [2.45, 2.75) is 123 Å². The molecule has 0 spiro atoms. The Morgan fingerprint density at radius 1 is 0.857 bits per heavy atom. The number of hydrogen-bond donors (Lipinski definition) is 4. The maximum atomic E-state index is 12.8. The van der Waals surface area contributed by atoms with E-state index in [9.17, 15) is 24.3 Å². The summed E-state index contributed by atoms with van der Waals surface area (Å²) in [6.07, 6.45) is 11.0. The van der Waals surface area contributed by atoms with E-state index < -0.39 is 35.7 Å². The highest BCUT2D eigenvalue weighted by atomic mass is 32.2. The lowest BCUT2D eigenvalue weighted by Gasteiger charge is -2.24. The Labute approximate surface area is 215 Å². The van der Waals surface area contributed by atoms with Crippen LogP contribution in [0.1, 0.15) is 105 Å². The van der Waals surface area contributed by atoms with Gasteiger partial charge in [-0.3, -0.25) is 9.59 Å². The van der Waals surface area contributed by atoms with Crippen LogP contribution in [0.15, 0.2) is 0 Å². The monoisotopic (exact) mass is 517 g/mol. The third-order valence-electron chi connectivity index (χ3n) is 5.18. The summed E-state index contributed by atoms with van der Waals surface area (Å²) in [5.74, 6) is -1.49. The molecule has 0 aliphatic carbocycles. The molecule has 9 nitrogen and oxygen atoms in total. The Bertz CT molecular complexity index is 639. The van der Waals surface area contributed by atoms with Gasteiger partial charge in [0.05, 0.1) is 5.88 Å². The molecule has 0 radical (unpaired) electrons. The molecule has 0 unspecified atom stereocenters. The highest BCUT2D eigenvalue weighted by Gasteiger charge is 2.28. The molecule has 0 saturated heterocycles. The molecule has 0 aromatic carbocycles. The Morgan fingerprint density at radius 2 is 1.40 bits per heavy atom. The van der Waals surface area contributed by atoms with Crippen molar-refractivity contribution in [2.24, 2.45) is 0 Å². The van der Waals surface area contributed by atoms with Crippen molar-refractivity contribution in [3.05, 3.63) is 0 Å². The molecule has 0 aliphatic heterocycles. The molecule has 204 valence electrons. The molecule has 10 heteroatoms. The van der Waals surface area contributed by atoms with E-state index in [0.29, 0.717) is 12.8 Å². The number of unbranched alkanes of at least 4 members (excludes halogenated alkanes) is 9. The first-order valence-electron chi connectivity index (χ1n) is 12.8. The van der Waals surface area contributed by atoms with Crippen LogP contribution >= 0.6 is 11.8 Å². The summed E-state index contributed by atoms with van der Waals surface area (Å²) in [6.45, 7) is 8.72. The molecule has 0 fully saturated rings. The van der Waals surface area contributed by atoms with Gasteiger partial charge in [0.2, 0.25) is 11.8 Å². The van der Waals surface area contributed by atoms with Gasteiger partial charge in [0.1, 0.15) is 17.7 Å². The maximum Gasteiger partial charge on any atom is 0.408 e. The highest BCUT2D eigenvalue weighted by molar-refractivity contribution is 7.99. The number of carboxylic acids is 1. The van der Waals surface area contributed by atoms with Gasteiger partial charge in [0.15, 0.2) is 0 Å². The number of carbonyl (C=O) groups is 4. The number of amides is 3. The Morgan fingerprint density at radius 3 is 1.89 bits per heavy atom. The molecule has 2 atom stereocenters. The second kappa shape index (κ2) is 19.2. The first-order valence-corrected chi connectivity index (χ1v) is 14.0. The fourth-order valence-corrected chi connectivity index (χ4v) is 4.22. The first kappa shape index (κ1) is 33.0. The summed E-state index contributed by atoms with van der Waals surface area (Å²) in [5, 5.41) is 17.3. The van der Waals surface area contributed by atoms with Crippen molar-refractivity contribution in [3.63, 3.8) is 0 Å². The zero-order valence-corrected chi connectivity index (χ0v) is 23.1. The second-order valence-electron chi connectivity index (χ2n) is 9.82.